The third-order valence-corrected chi connectivity index (χ3v) is 4.20. The zero-order valence-electron chi connectivity index (χ0n) is 14.8. The molecule has 24 heavy (non-hydrogen) atoms. The topological polar surface area (TPSA) is 50.8 Å². The molecule has 136 valence electrons. The number of halogens is 1. The Balaban J connectivity index is 0.00000288. The van der Waals surface area contributed by atoms with Gasteiger partial charge in [0, 0.05) is 32.2 Å². The van der Waals surface area contributed by atoms with E-state index in [2.05, 4.69) is 5.32 Å². The van der Waals surface area contributed by atoms with Crippen LogP contribution in [0.5, 0.6) is 5.75 Å². The van der Waals surface area contributed by atoms with Crippen molar-refractivity contribution in [3.8, 4) is 5.75 Å². The number of ether oxygens (including phenoxy) is 2. The van der Waals surface area contributed by atoms with Crippen LogP contribution in [0, 0.1) is 5.92 Å². The molecule has 0 saturated carbocycles. The number of amides is 1. The van der Waals surface area contributed by atoms with Gasteiger partial charge in [0.1, 0.15) is 5.75 Å². The van der Waals surface area contributed by atoms with Gasteiger partial charge in [0.25, 0.3) is 0 Å². The van der Waals surface area contributed by atoms with Gasteiger partial charge in [-0.1, -0.05) is 19.1 Å². The predicted octanol–water partition coefficient (Wildman–Crippen LogP) is 2.48. The van der Waals surface area contributed by atoms with Crippen molar-refractivity contribution in [2.24, 2.45) is 5.92 Å². The summed E-state index contributed by atoms with van der Waals surface area (Å²) in [6, 6.07) is 7.89. The predicted molar refractivity (Wildman–Crippen MR) is 97.7 cm³/mol. The van der Waals surface area contributed by atoms with Gasteiger partial charge in [0.05, 0.1) is 13.2 Å². The molecule has 1 amide bonds. The molecule has 2 unspecified atom stereocenters. The summed E-state index contributed by atoms with van der Waals surface area (Å²) in [6.45, 7) is 4.69. The molecule has 1 aliphatic rings. The Labute approximate surface area is 151 Å². The maximum Gasteiger partial charge on any atom is 0.227 e. The molecule has 1 aromatic carbocycles. The number of benzene rings is 1. The molecule has 0 aliphatic carbocycles. The normalized spacial score (nSPS) is 17.9. The Hall–Kier alpha value is -1.30. The van der Waals surface area contributed by atoms with E-state index >= 15 is 0 Å². The van der Waals surface area contributed by atoms with Crippen LogP contribution in [0.25, 0.3) is 0 Å². The lowest BCUT2D eigenvalue weighted by Gasteiger charge is -2.28. The van der Waals surface area contributed by atoms with Crippen LogP contribution >= 0.6 is 12.4 Å². The molecule has 1 N–H and O–H groups in total. The number of carbonyl (C=O) groups excluding carboxylic acids is 1. The van der Waals surface area contributed by atoms with E-state index in [1.165, 1.54) is 0 Å². The minimum Gasteiger partial charge on any atom is -0.497 e. The van der Waals surface area contributed by atoms with E-state index in [1.54, 1.807) is 7.11 Å². The van der Waals surface area contributed by atoms with Crippen molar-refractivity contribution >= 4 is 18.3 Å². The van der Waals surface area contributed by atoms with E-state index in [9.17, 15) is 4.79 Å². The number of rotatable bonds is 8. The van der Waals surface area contributed by atoms with Gasteiger partial charge >= 0.3 is 0 Å². The highest BCUT2D eigenvalue weighted by Crippen LogP contribution is 2.19. The van der Waals surface area contributed by atoms with Crippen LogP contribution in [0.3, 0.4) is 0 Å². The summed E-state index contributed by atoms with van der Waals surface area (Å²) in [5.74, 6) is 0.931. The molecule has 0 radical (unpaired) electrons. The summed E-state index contributed by atoms with van der Waals surface area (Å²) in [6.07, 6.45) is 2.27. The van der Waals surface area contributed by atoms with Crippen LogP contribution < -0.4 is 10.1 Å². The van der Waals surface area contributed by atoms with Crippen LogP contribution in [0.1, 0.15) is 25.3 Å². The van der Waals surface area contributed by atoms with Gasteiger partial charge in [-0.15, -0.1) is 12.4 Å². The summed E-state index contributed by atoms with van der Waals surface area (Å²) < 4.78 is 11.0. The molecule has 0 aromatic heterocycles. The Morgan fingerprint density at radius 2 is 2.29 bits per heavy atom. The van der Waals surface area contributed by atoms with Gasteiger partial charge < -0.3 is 19.7 Å². The Kier molecular flexibility index (Phi) is 9.11. The number of nitrogens with zero attached hydrogens (tertiary/aromatic N) is 1. The van der Waals surface area contributed by atoms with Crippen LogP contribution in [-0.2, 0) is 16.1 Å². The van der Waals surface area contributed by atoms with E-state index in [1.807, 2.05) is 43.1 Å². The van der Waals surface area contributed by atoms with Gasteiger partial charge in [-0.3, -0.25) is 4.79 Å². The quantitative estimate of drug-likeness (QED) is 0.777. The van der Waals surface area contributed by atoms with Crippen LogP contribution in [-0.4, -0.2) is 50.8 Å². The summed E-state index contributed by atoms with van der Waals surface area (Å²) >= 11 is 0. The molecule has 2 rings (SSSR count). The van der Waals surface area contributed by atoms with Gasteiger partial charge in [-0.2, -0.15) is 0 Å². The molecule has 1 fully saturated rings. The zero-order chi connectivity index (χ0) is 16.7. The maximum absolute atomic E-state index is 12.8. The second-order valence-electron chi connectivity index (χ2n) is 6.16. The molecule has 0 bridgehead atoms. The third-order valence-electron chi connectivity index (χ3n) is 4.20. The fourth-order valence-electron chi connectivity index (χ4n) is 2.96. The highest BCUT2D eigenvalue weighted by Gasteiger charge is 2.25. The first kappa shape index (κ1) is 20.7. The third kappa shape index (κ3) is 5.96. The highest BCUT2D eigenvalue weighted by atomic mass is 35.5. The first-order chi connectivity index (χ1) is 11.1. The fraction of sp³-hybridized carbons (Fsp3) is 0.611. The van der Waals surface area contributed by atoms with Crippen molar-refractivity contribution in [3.05, 3.63) is 29.8 Å². The number of hydrogen-bond acceptors (Lipinski definition) is 4. The molecule has 1 saturated heterocycles. The lowest BCUT2D eigenvalue weighted by molar-refractivity contribution is -0.137. The monoisotopic (exact) mass is 356 g/mol. The zero-order valence-corrected chi connectivity index (χ0v) is 15.6. The number of carbonyl (C=O) groups is 1. The summed E-state index contributed by atoms with van der Waals surface area (Å²) in [4.78, 5) is 14.7. The average molecular weight is 357 g/mol. The van der Waals surface area contributed by atoms with Crippen molar-refractivity contribution < 1.29 is 14.3 Å². The van der Waals surface area contributed by atoms with Gasteiger partial charge in [0.2, 0.25) is 5.91 Å². The van der Waals surface area contributed by atoms with Crippen LogP contribution in [0.4, 0.5) is 0 Å². The largest absolute Gasteiger partial charge is 0.497 e. The average Bonchev–Trinajstić information content (AvgIpc) is 3.07. The molecule has 1 heterocycles. The summed E-state index contributed by atoms with van der Waals surface area (Å²) in [7, 11) is 3.53. The maximum atomic E-state index is 12.8. The van der Waals surface area contributed by atoms with Gasteiger partial charge in [-0.25, -0.2) is 0 Å². The first-order valence-electron chi connectivity index (χ1n) is 8.32. The van der Waals surface area contributed by atoms with E-state index in [-0.39, 0.29) is 30.3 Å². The molecular formula is C18H29ClN2O3. The minimum absolute atomic E-state index is 0. The van der Waals surface area contributed by atoms with Crippen molar-refractivity contribution in [1.29, 1.82) is 0 Å². The molecule has 1 aliphatic heterocycles. The van der Waals surface area contributed by atoms with Crippen LogP contribution in [0.2, 0.25) is 0 Å². The Morgan fingerprint density at radius 3 is 2.92 bits per heavy atom. The number of hydrogen-bond donors (Lipinski definition) is 1. The van der Waals surface area contributed by atoms with E-state index in [0.717, 1.165) is 30.8 Å². The lowest BCUT2D eigenvalue weighted by atomic mass is 10.1. The van der Waals surface area contributed by atoms with Crippen molar-refractivity contribution in [1.82, 2.24) is 10.2 Å². The molecule has 6 heteroatoms. The molecule has 2 atom stereocenters. The minimum atomic E-state index is -0.0491. The second kappa shape index (κ2) is 10.5. The summed E-state index contributed by atoms with van der Waals surface area (Å²) in [5.41, 5.74) is 1.08. The van der Waals surface area contributed by atoms with Gasteiger partial charge in [0.15, 0.2) is 0 Å². The Bertz CT molecular complexity index is 507. The first-order valence-corrected chi connectivity index (χ1v) is 8.32. The molecular weight excluding hydrogens is 328 g/mol. The number of nitrogens with one attached hydrogen (secondary N) is 1. The van der Waals surface area contributed by atoms with Crippen molar-refractivity contribution in [3.63, 3.8) is 0 Å². The van der Waals surface area contributed by atoms with Crippen molar-refractivity contribution in [2.45, 2.75) is 32.4 Å². The SMILES string of the molecule is CNCC(C)C(=O)N(Cc1cccc(OC)c1)CC1CCCO1.Cl. The lowest BCUT2D eigenvalue weighted by Crippen LogP contribution is -2.42. The highest BCUT2D eigenvalue weighted by molar-refractivity contribution is 5.85. The molecule has 5 nitrogen and oxygen atoms in total. The fourth-order valence-corrected chi connectivity index (χ4v) is 2.96. The molecule has 0 spiro atoms. The van der Waals surface area contributed by atoms with Crippen LogP contribution in [0.15, 0.2) is 24.3 Å². The van der Waals surface area contributed by atoms with E-state index < -0.39 is 0 Å². The van der Waals surface area contributed by atoms with Crippen molar-refractivity contribution in [2.75, 3.05) is 33.9 Å². The second-order valence-corrected chi connectivity index (χ2v) is 6.16. The van der Waals surface area contributed by atoms with E-state index in [4.69, 9.17) is 9.47 Å². The Morgan fingerprint density at radius 1 is 1.50 bits per heavy atom. The summed E-state index contributed by atoms with van der Waals surface area (Å²) in [5, 5.41) is 3.08. The number of methoxy groups -OCH3 is 1. The van der Waals surface area contributed by atoms with Gasteiger partial charge in [-0.05, 0) is 37.6 Å². The van der Waals surface area contributed by atoms with E-state index in [0.29, 0.717) is 19.6 Å². The standard InChI is InChI=1S/C18H28N2O3.ClH/c1-14(11-19-2)18(21)20(13-17-8-5-9-23-17)12-15-6-4-7-16(10-15)22-3;/h4,6-7,10,14,17,19H,5,8-9,11-13H2,1-3H3;1H. The smallest absolute Gasteiger partial charge is 0.227 e. The molecule has 1 aromatic rings.